The second kappa shape index (κ2) is 9.22. The Morgan fingerprint density at radius 2 is 1.77 bits per heavy atom. The van der Waals surface area contributed by atoms with E-state index < -0.39 is 24.0 Å². The molecule has 0 aliphatic rings. The van der Waals surface area contributed by atoms with E-state index in [1.807, 2.05) is 0 Å². The van der Waals surface area contributed by atoms with Crippen LogP contribution in [0.5, 0.6) is 0 Å². The average Bonchev–Trinajstić information content (AvgIpc) is 2.62. The maximum Gasteiger partial charge on any atom is 0.321 e. The van der Waals surface area contributed by atoms with Crippen LogP contribution in [-0.2, 0) is 20.7 Å². The summed E-state index contributed by atoms with van der Waals surface area (Å²) < 4.78 is 5.31. The number of urea groups is 1. The Morgan fingerprint density at radius 1 is 1.08 bits per heavy atom. The molecule has 0 saturated carbocycles. The summed E-state index contributed by atoms with van der Waals surface area (Å²) in [5.41, 5.74) is 0.948. The standard InChI is InChI=1S/C18H16Cl2N2O4/c1-21-18(25)22-17(24)16(11-5-3-2-4-6-11)26-15(23)9-12-7-8-13(19)10-14(12)20/h2-8,10,16H,9H2,1H3,(H2,21,22,24,25)/t16-/m0/s1. The number of hydrogen-bond acceptors (Lipinski definition) is 4. The molecule has 136 valence electrons. The Hall–Kier alpha value is -2.57. The summed E-state index contributed by atoms with van der Waals surface area (Å²) in [7, 11) is 1.37. The highest BCUT2D eigenvalue weighted by Crippen LogP contribution is 2.23. The van der Waals surface area contributed by atoms with Gasteiger partial charge in [0.25, 0.3) is 5.91 Å². The Kier molecular flexibility index (Phi) is 7.00. The molecular weight excluding hydrogens is 379 g/mol. The van der Waals surface area contributed by atoms with Gasteiger partial charge in [-0.1, -0.05) is 59.6 Å². The molecule has 0 aromatic heterocycles. The first kappa shape index (κ1) is 19.8. The number of amides is 3. The minimum atomic E-state index is -1.27. The summed E-state index contributed by atoms with van der Waals surface area (Å²) in [4.78, 5) is 36.0. The lowest BCUT2D eigenvalue weighted by Gasteiger charge is -2.17. The molecule has 0 unspecified atom stereocenters. The van der Waals surface area contributed by atoms with Crippen LogP contribution >= 0.6 is 23.2 Å². The van der Waals surface area contributed by atoms with Gasteiger partial charge < -0.3 is 10.1 Å². The minimum Gasteiger partial charge on any atom is -0.447 e. The molecule has 0 spiro atoms. The van der Waals surface area contributed by atoms with Crippen LogP contribution in [0.25, 0.3) is 0 Å². The van der Waals surface area contributed by atoms with Crippen molar-refractivity contribution in [1.29, 1.82) is 0 Å². The van der Waals surface area contributed by atoms with Gasteiger partial charge in [-0.25, -0.2) is 4.79 Å². The van der Waals surface area contributed by atoms with Crippen molar-refractivity contribution in [1.82, 2.24) is 10.6 Å². The zero-order valence-electron chi connectivity index (χ0n) is 13.8. The molecule has 0 radical (unpaired) electrons. The van der Waals surface area contributed by atoms with E-state index in [1.165, 1.54) is 13.1 Å². The molecule has 3 amide bonds. The van der Waals surface area contributed by atoms with Crippen molar-refractivity contribution in [3.63, 3.8) is 0 Å². The van der Waals surface area contributed by atoms with Crippen LogP contribution in [0.3, 0.4) is 0 Å². The Balaban J connectivity index is 2.16. The third-order valence-corrected chi connectivity index (χ3v) is 3.99. The van der Waals surface area contributed by atoms with Crippen molar-refractivity contribution >= 4 is 41.1 Å². The molecule has 0 heterocycles. The minimum absolute atomic E-state index is 0.146. The molecule has 2 aromatic rings. The van der Waals surface area contributed by atoms with Crippen molar-refractivity contribution < 1.29 is 19.1 Å². The van der Waals surface area contributed by atoms with Crippen molar-refractivity contribution in [2.24, 2.45) is 0 Å². The molecule has 0 fully saturated rings. The van der Waals surface area contributed by atoms with E-state index in [-0.39, 0.29) is 6.42 Å². The molecule has 26 heavy (non-hydrogen) atoms. The fourth-order valence-electron chi connectivity index (χ4n) is 2.13. The van der Waals surface area contributed by atoms with Crippen molar-refractivity contribution in [2.45, 2.75) is 12.5 Å². The molecular formula is C18H16Cl2N2O4. The van der Waals surface area contributed by atoms with Gasteiger partial charge in [-0.15, -0.1) is 0 Å². The Morgan fingerprint density at radius 3 is 2.38 bits per heavy atom. The molecule has 2 aromatic carbocycles. The number of benzene rings is 2. The molecule has 2 rings (SSSR count). The van der Waals surface area contributed by atoms with Gasteiger partial charge in [0.1, 0.15) is 0 Å². The monoisotopic (exact) mass is 394 g/mol. The van der Waals surface area contributed by atoms with E-state index in [9.17, 15) is 14.4 Å². The number of carbonyl (C=O) groups excluding carboxylic acids is 3. The molecule has 8 heteroatoms. The highest BCUT2D eigenvalue weighted by Gasteiger charge is 2.26. The van der Waals surface area contributed by atoms with E-state index in [2.05, 4.69) is 10.6 Å². The van der Waals surface area contributed by atoms with Crippen LogP contribution in [0.2, 0.25) is 10.0 Å². The predicted molar refractivity (Wildman–Crippen MR) is 98.0 cm³/mol. The predicted octanol–water partition coefficient (Wildman–Crippen LogP) is 3.28. The zero-order valence-corrected chi connectivity index (χ0v) is 15.3. The fraction of sp³-hybridized carbons (Fsp3) is 0.167. The van der Waals surface area contributed by atoms with Gasteiger partial charge in [0.15, 0.2) is 0 Å². The fourth-order valence-corrected chi connectivity index (χ4v) is 2.61. The number of imide groups is 1. The number of esters is 1. The number of halogens is 2. The largest absolute Gasteiger partial charge is 0.447 e. The smallest absolute Gasteiger partial charge is 0.321 e. The van der Waals surface area contributed by atoms with E-state index in [0.717, 1.165) is 0 Å². The van der Waals surface area contributed by atoms with Crippen LogP contribution in [-0.4, -0.2) is 25.0 Å². The summed E-state index contributed by atoms with van der Waals surface area (Å²) in [6.45, 7) is 0. The van der Waals surface area contributed by atoms with Gasteiger partial charge in [-0.05, 0) is 17.7 Å². The lowest BCUT2D eigenvalue weighted by molar-refractivity contribution is -0.155. The molecule has 0 aliphatic carbocycles. The molecule has 1 atom stereocenters. The van der Waals surface area contributed by atoms with Gasteiger partial charge in [-0.2, -0.15) is 0 Å². The van der Waals surface area contributed by atoms with E-state index >= 15 is 0 Å². The van der Waals surface area contributed by atoms with Crippen LogP contribution in [0.4, 0.5) is 4.79 Å². The highest BCUT2D eigenvalue weighted by molar-refractivity contribution is 6.35. The number of rotatable bonds is 5. The third-order valence-electron chi connectivity index (χ3n) is 3.40. The van der Waals surface area contributed by atoms with Gasteiger partial charge in [0, 0.05) is 22.7 Å². The first-order valence-corrected chi connectivity index (χ1v) is 8.37. The quantitative estimate of drug-likeness (QED) is 0.762. The van der Waals surface area contributed by atoms with Crippen LogP contribution < -0.4 is 10.6 Å². The van der Waals surface area contributed by atoms with Crippen LogP contribution in [0.1, 0.15) is 17.2 Å². The van der Waals surface area contributed by atoms with Gasteiger partial charge in [0.2, 0.25) is 6.10 Å². The van der Waals surface area contributed by atoms with Crippen molar-refractivity contribution in [3.05, 3.63) is 69.7 Å². The number of hydrogen-bond donors (Lipinski definition) is 2. The maximum absolute atomic E-state index is 12.3. The Bertz CT molecular complexity index is 812. The first-order chi connectivity index (χ1) is 12.4. The summed E-state index contributed by atoms with van der Waals surface area (Å²) in [5, 5.41) is 5.14. The average molecular weight is 395 g/mol. The third kappa shape index (κ3) is 5.47. The molecule has 6 nitrogen and oxygen atoms in total. The van der Waals surface area contributed by atoms with Gasteiger partial charge in [-0.3, -0.25) is 14.9 Å². The summed E-state index contributed by atoms with van der Waals surface area (Å²) in [5.74, 6) is -1.43. The van der Waals surface area contributed by atoms with Gasteiger partial charge in [0.05, 0.1) is 6.42 Å². The number of nitrogens with one attached hydrogen (secondary N) is 2. The normalized spacial score (nSPS) is 11.3. The second-order valence-corrected chi connectivity index (χ2v) is 6.11. The van der Waals surface area contributed by atoms with Crippen molar-refractivity contribution in [2.75, 3.05) is 7.05 Å². The second-order valence-electron chi connectivity index (χ2n) is 5.26. The lowest BCUT2D eigenvalue weighted by Crippen LogP contribution is -2.41. The van der Waals surface area contributed by atoms with Gasteiger partial charge >= 0.3 is 12.0 Å². The molecule has 0 saturated heterocycles. The summed E-state index contributed by atoms with van der Waals surface area (Å²) >= 11 is 11.9. The topological polar surface area (TPSA) is 84.5 Å². The maximum atomic E-state index is 12.3. The van der Waals surface area contributed by atoms with Crippen molar-refractivity contribution in [3.8, 4) is 0 Å². The highest BCUT2D eigenvalue weighted by atomic mass is 35.5. The summed E-state index contributed by atoms with van der Waals surface area (Å²) in [6, 6.07) is 12.4. The zero-order chi connectivity index (χ0) is 19.1. The molecule has 2 N–H and O–H groups in total. The lowest BCUT2D eigenvalue weighted by atomic mass is 10.1. The van der Waals surface area contributed by atoms with Crippen LogP contribution in [0, 0.1) is 0 Å². The van der Waals surface area contributed by atoms with E-state index in [0.29, 0.717) is 21.2 Å². The van der Waals surface area contributed by atoms with E-state index in [4.69, 9.17) is 27.9 Å². The van der Waals surface area contributed by atoms with E-state index in [1.54, 1.807) is 42.5 Å². The molecule has 0 bridgehead atoms. The number of ether oxygens (including phenoxy) is 1. The SMILES string of the molecule is CNC(=O)NC(=O)[C@@H](OC(=O)Cc1ccc(Cl)cc1Cl)c1ccccc1. The summed E-state index contributed by atoms with van der Waals surface area (Å²) in [6.07, 6.45) is -1.42. The Labute approximate surface area is 160 Å². The number of carbonyl (C=O) groups is 3. The molecule has 0 aliphatic heterocycles. The van der Waals surface area contributed by atoms with Crippen LogP contribution in [0.15, 0.2) is 48.5 Å². The first-order valence-electron chi connectivity index (χ1n) is 7.61.